The Bertz CT molecular complexity index is 621. The van der Waals surface area contributed by atoms with Crippen LogP contribution in [0.4, 0.5) is 5.82 Å². The van der Waals surface area contributed by atoms with Crippen LogP contribution in [0.5, 0.6) is 0 Å². The topological polar surface area (TPSA) is 41.5 Å². The van der Waals surface area contributed by atoms with Gasteiger partial charge in [-0.2, -0.15) is 0 Å². The summed E-state index contributed by atoms with van der Waals surface area (Å²) in [6.07, 6.45) is 4.93. The third kappa shape index (κ3) is 3.39. The number of nitrogens with zero attached hydrogens (tertiary/aromatic N) is 4. The summed E-state index contributed by atoms with van der Waals surface area (Å²) in [6.45, 7) is 6.76. The molecule has 4 heterocycles. The van der Waals surface area contributed by atoms with Crippen LogP contribution in [0, 0.1) is 5.41 Å². The molecule has 2 fully saturated rings. The van der Waals surface area contributed by atoms with Gasteiger partial charge in [-0.05, 0) is 18.6 Å². The van der Waals surface area contributed by atoms with Gasteiger partial charge in [0.1, 0.15) is 10.8 Å². The molecule has 0 saturated carbocycles. The van der Waals surface area contributed by atoms with Gasteiger partial charge in [0.05, 0.1) is 19.8 Å². The molecule has 1 spiro atoms. The van der Waals surface area contributed by atoms with Crippen LogP contribution in [0.1, 0.15) is 11.4 Å². The molecule has 5 nitrogen and oxygen atoms in total. The number of ether oxygens (including phenoxy) is 1. The smallest absolute Gasteiger partial charge is 0.128 e. The van der Waals surface area contributed by atoms with E-state index in [-0.39, 0.29) is 5.41 Å². The Morgan fingerprint density at radius 1 is 1.17 bits per heavy atom. The first-order valence-corrected chi connectivity index (χ1v) is 9.05. The molecule has 0 aliphatic carbocycles. The van der Waals surface area contributed by atoms with Crippen molar-refractivity contribution in [3.63, 3.8) is 0 Å². The first-order chi connectivity index (χ1) is 11.3. The second-order valence-electron chi connectivity index (χ2n) is 6.55. The molecule has 1 atom stereocenters. The summed E-state index contributed by atoms with van der Waals surface area (Å²) >= 11 is 1.74. The molecule has 0 radical (unpaired) electrons. The van der Waals surface area contributed by atoms with E-state index in [1.807, 2.05) is 18.5 Å². The van der Waals surface area contributed by atoms with Gasteiger partial charge in [0.15, 0.2) is 0 Å². The maximum absolute atomic E-state index is 5.96. The fourth-order valence-electron chi connectivity index (χ4n) is 3.66. The third-order valence-electron chi connectivity index (χ3n) is 4.77. The van der Waals surface area contributed by atoms with Crippen molar-refractivity contribution in [2.45, 2.75) is 13.0 Å². The van der Waals surface area contributed by atoms with Gasteiger partial charge < -0.3 is 9.64 Å². The Hall–Kier alpha value is -1.50. The van der Waals surface area contributed by atoms with E-state index in [2.05, 4.69) is 37.3 Å². The molecule has 0 aromatic carbocycles. The van der Waals surface area contributed by atoms with Crippen LogP contribution in [-0.4, -0.2) is 54.3 Å². The van der Waals surface area contributed by atoms with Gasteiger partial charge in [0.25, 0.3) is 0 Å². The summed E-state index contributed by atoms with van der Waals surface area (Å²) in [5, 5.41) is 3.25. The first-order valence-electron chi connectivity index (χ1n) is 8.18. The average molecular weight is 330 g/mol. The summed E-state index contributed by atoms with van der Waals surface area (Å²) in [5.41, 5.74) is 0.214. The van der Waals surface area contributed by atoms with Gasteiger partial charge in [-0.25, -0.2) is 9.97 Å². The van der Waals surface area contributed by atoms with Crippen molar-refractivity contribution in [3.8, 4) is 0 Å². The van der Waals surface area contributed by atoms with Crippen molar-refractivity contribution in [1.29, 1.82) is 0 Å². The van der Waals surface area contributed by atoms with E-state index < -0.39 is 0 Å². The monoisotopic (exact) mass is 330 g/mol. The largest absolute Gasteiger partial charge is 0.379 e. The van der Waals surface area contributed by atoms with Gasteiger partial charge in [-0.15, -0.1) is 11.3 Å². The minimum atomic E-state index is 0.214. The molecule has 6 heteroatoms. The molecule has 0 amide bonds. The molecule has 23 heavy (non-hydrogen) atoms. The van der Waals surface area contributed by atoms with Crippen molar-refractivity contribution < 1.29 is 4.74 Å². The zero-order valence-corrected chi connectivity index (χ0v) is 14.0. The highest BCUT2D eigenvalue weighted by Gasteiger charge is 2.41. The predicted octanol–water partition coefficient (Wildman–Crippen LogP) is 2.27. The molecular weight excluding hydrogens is 308 g/mol. The van der Waals surface area contributed by atoms with Gasteiger partial charge in [0, 0.05) is 49.4 Å². The van der Waals surface area contributed by atoms with E-state index in [0.29, 0.717) is 0 Å². The van der Waals surface area contributed by atoms with Gasteiger partial charge in [-0.1, -0.05) is 6.07 Å². The Labute approximate surface area is 140 Å². The van der Waals surface area contributed by atoms with Crippen LogP contribution in [0.2, 0.25) is 0 Å². The highest BCUT2D eigenvalue weighted by atomic mass is 32.1. The number of thiazole rings is 1. The lowest BCUT2D eigenvalue weighted by Gasteiger charge is -2.31. The summed E-state index contributed by atoms with van der Waals surface area (Å²) < 4.78 is 5.96. The average Bonchev–Trinajstić information content (AvgIpc) is 3.18. The zero-order valence-electron chi connectivity index (χ0n) is 13.2. The zero-order chi connectivity index (χ0) is 15.5. The van der Waals surface area contributed by atoms with Gasteiger partial charge in [0.2, 0.25) is 0 Å². The number of rotatable bonds is 3. The Kier molecular flexibility index (Phi) is 4.29. The van der Waals surface area contributed by atoms with E-state index in [1.54, 1.807) is 11.3 Å². The third-order valence-corrected chi connectivity index (χ3v) is 5.54. The van der Waals surface area contributed by atoms with Crippen LogP contribution in [-0.2, 0) is 11.3 Å². The minimum Gasteiger partial charge on any atom is -0.379 e. The SMILES string of the molecule is c1ccc(N2CC[C@@]3(COCCN(Cc4nccs4)C3)C2)nc1. The molecule has 2 aromatic heterocycles. The molecular formula is C17H22N4OS. The van der Waals surface area contributed by atoms with Crippen LogP contribution >= 0.6 is 11.3 Å². The van der Waals surface area contributed by atoms with Crippen LogP contribution in [0.25, 0.3) is 0 Å². The summed E-state index contributed by atoms with van der Waals surface area (Å²) in [5.74, 6) is 1.08. The van der Waals surface area contributed by atoms with Crippen molar-refractivity contribution >= 4 is 17.2 Å². The molecule has 0 N–H and O–H groups in total. The lowest BCUT2D eigenvalue weighted by molar-refractivity contribution is 0.0798. The van der Waals surface area contributed by atoms with Crippen LogP contribution in [0.15, 0.2) is 36.0 Å². The van der Waals surface area contributed by atoms with Crippen molar-refractivity contribution in [1.82, 2.24) is 14.9 Å². The fourth-order valence-corrected chi connectivity index (χ4v) is 4.31. The summed E-state index contributed by atoms with van der Waals surface area (Å²) in [6, 6.07) is 6.13. The highest BCUT2D eigenvalue weighted by Crippen LogP contribution is 2.35. The number of hydrogen-bond acceptors (Lipinski definition) is 6. The van der Waals surface area contributed by atoms with E-state index >= 15 is 0 Å². The van der Waals surface area contributed by atoms with E-state index in [0.717, 1.165) is 58.2 Å². The first kappa shape index (κ1) is 15.1. The number of pyridine rings is 1. The molecule has 2 aromatic rings. The Morgan fingerprint density at radius 2 is 2.17 bits per heavy atom. The summed E-state index contributed by atoms with van der Waals surface area (Å²) in [4.78, 5) is 13.8. The maximum Gasteiger partial charge on any atom is 0.128 e. The van der Waals surface area contributed by atoms with Crippen LogP contribution in [0.3, 0.4) is 0 Å². The summed E-state index contributed by atoms with van der Waals surface area (Å²) in [7, 11) is 0. The lowest BCUT2D eigenvalue weighted by atomic mass is 9.87. The second-order valence-corrected chi connectivity index (χ2v) is 7.53. The lowest BCUT2D eigenvalue weighted by Crippen LogP contribution is -2.40. The molecule has 0 bridgehead atoms. The van der Waals surface area contributed by atoms with Crippen molar-refractivity contribution in [3.05, 3.63) is 41.0 Å². The number of anilines is 1. The second kappa shape index (κ2) is 6.55. The minimum absolute atomic E-state index is 0.214. The van der Waals surface area contributed by atoms with E-state index in [4.69, 9.17) is 4.74 Å². The quantitative estimate of drug-likeness (QED) is 0.863. The van der Waals surface area contributed by atoms with Crippen molar-refractivity contribution in [2.75, 3.05) is 44.3 Å². The predicted molar refractivity (Wildman–Crippen MR) is 91.7 cm³/mol. The maximum atomic E-state index is 5.96. The molecule has 122 valence electrons. The fraction of sp³-hybridized carbons (Fsp3) is 0.529. The Morgan fingerprint density at radius 3 is 3.00 bits per heavy atom. The molecule has 4 rings (SSSR count). The number of hydrogen-bond donors (Lipinski definition) is 0. The number of aromatic nitrogens is 2. The van der Waals surface area contributed by atoms with Gasteiger partial charge in [-0.3, -0.25) is 4.90 Å². The molecule has 2 aliphatic heterocycles. The van der Waals surface area contributed by atoms with Gasteiger partial charge >= 0.3 is 0 Å². The highest BCUT2D eigenvalue weighted by molar-refractivity contribution is 7.09. The van der Waals surface area contributed by atoms with E-state index in [1.165, 1.54) is 5.01 Å². The molecule has 2 aliphatic rings. The van der Waals surface area contributed by atoms with E-state index in [9.17, 15) is 0 Å². The molecule has 2 saturated heterocycles. The standard InChI is InChI=1S/C17H22N4OS/c1-2-5-18-15(3-1)21-7-4-17(13-21)12-20(8-9-22-14-17)11-16-19-6-10-23-16/h1-3,5-6,10H,4,7-9,11-14H2/t17-/m0/s1. The van der Waals surface area contributed by atoms with Crippen LogP contribution < -0.4 is 4.90 Å². The van der Waals surface area contributed by atoms with Crippen molar-refractivity contribution in [2.24, 2.45) is 5.41 Å². The normalized spacial score (nSPS) is 25.8. The molecule has 0 unspecified atom stereocenters. The Balaban J connectivity index is 1.46.